The molecular formula is C13H13F3N2. The standard InChI is InChI=1S/C13H13F3N2/c1-9(2)12-7-18(8-17-12)11-5-3-4-10(6-11)13(14,15)16/h3-9H,1-2H3. The first-order valence-electron chi connectivity index (χ1n) is 5.59. The number of imidazole rings is 1. The van der Waals surface area contributed by atoms with Crippen molar-refractivity contribution in [2.45, 2.75) is 25.9 Å². The third kappa shape index (κ3) is 2.55. The van der Waals surface area contributed by atoms with Gasteiger partial charge in [0.05, 0.1) is 17.6 Å². The zero-order valence-electron chi connectivity index (χ0n) is 10.1. The molecule has 0 saturated heterocycles. The lowest BCUT2D eigenvalue weighted by Gasteiger charge is -2.09. The number of alkyl halides is 3. The lowest BCUT2D eigenvalue weighted by molar-refractivity contribution is -0.137. The van der Waals surface area contributed by atoms with Gasteiger partial charge in [-0.2, -0.15) is 13.2 Å². The van der Waals surface area contributed by atoms with Gasteiger partial charge >= 0.3 is 6.18 Å². The molecular weight excluding hydrogens is 241 g/mol. The molecule has 0 spiro atoms. The lowest BCUT2D eigenvalue weighted by atomic mass is 10.1. The maximum Gasteiger partial charge on any atom is 0.416 e. The van der Waals surface area contributed by atoms with E-state index in [2.05, 4.69) is 4.98 Å². The van der Waals surface area contributed by atoms with Crippen LogP contribution in [-0.2, 0) is 6.18 Å². The fraction of sp³-hybridized carbons (Fsp3) is 0.308. The minimum absolute atomic E-state index is 0.247. The third-order valence-corrected chi connectivity index (χ3v) is 2.67. The van der Waals surface area contributed by atoms with Gasteiger partial charge in [0.2, 0.25) is 0 Å². The van der Waals surface area contributed by atoms with Crippen LogP contribution in [0.1, 0.15) is 31.0 Å². The number of hydrogen-bond donors (Lipinski definition) is 0. The van der Waals surface area contributed by atoms with Crippen LogP contribution in [0.15, 0.2) is 36.8 Å². The number of hydrogen-bond acceptors (Lipinski definition) is 1. The zero-order valence-corrected chi connectivity index (χ0v) is 10.1. The molecule has 0 aliphatic carbocycles. The Morgan fingerprint density at radius 2 is 1.94 bits per heavy atom. The van der Waals surface area contributed by atoms with Gasteiger partial charge in [-0.1, -0.05) is 19.9 Å². The fourth-order valence-corrected chi connectivity index (χ4v) is 1.62. The highest BCUT2D eigenvalue weighted by molar-refractivity contribution is 5.37. The summed E-state index contributed by atoms with van der Waals surface area (Å²) in [6.45, 7) is 3.97. The Labute approximate surface area is 103 Å². The van der Waals surface area contributed by atoms with E-state index in [1.165, 1.54) is 12.4 Å². The van der Waals surface area contributed by atoms with Crippen LogP contribution < -0.4 is 0 Å². The second kappa shape index (κ2) is 4.48. The van der Waals surface area contributed by atoms with Gasteiger partial charge in [-0.25, -0.2) is 4.98 Å². The summed E-state index contributed by atoms with van der Waals surface area (Å²) >= 11 is 0. The van der Waals surface area contributed by atoms with E-state index in [9.17, 15) is 13.2 Å². The van der Waals surface area contributed by atoms with E-state index in [1.807, 2.05) is 13.8 Å². The summed E-state index contributed by atoms with van der Waals surface area (Å²) in [5, 5.41) is 0. The Hall–Kier alpha value is -1.78. The molecule has 1 heterocycles. The van der Waals surface area contributed by atoms with Crippen molar-refractivity contribution < 1.29 is 13.2 Å². The highest BCUT2D eigenvalue weighted by Gasteiger charge is 2.30. The first kappa shape index (κ1) is 12.7. The zero-order chi connectivity index (χ0) is 13.3. The Morgan fingerprint density at radius 3 is 2.50 bits per heavy atom. The van der Waals surface area contributed by atoms with Crippen molar-refractivity contribution in [3.05, 3.63) is 48.0 Å². The van der Waals surface area contributed by atoms with E-state index in [4.69, 9.17) is 0 Å². The molecule has 0 amide bonds. The summed E-state index contributed by atoms with van der Waals surface area (Å²) in [5.41, 5.74) is 0.663. The number of aromatic nitrogens is 2. The van der Waals surface area contributed by atoms with E-state index in [1.54, 1.807) is 16.8 Å². The van der Waals surface area contributed by atoms with Gasteiger partial charge in [-0.15, -0.1) is 0 Å². The number of halogens is 3. The molecule has 5 heteroatoms. The Bertz CT molecular complexity index is 541. The molecule has 0 N–H and O–H groups in total. The molecule has 0 saturated carbocycles. The van der Waals surface area contributed by atoms with E-state index in [0.717, 1.165) is 17.8 Å². The van der Waals surface area contributed by atoms with Crippen LogP contribution in [0.5, 0.6) is 0 Å². The third-order valence-electron chi connectivity index (χ3n) is 2.67. The normalized spacial score (nSPS) is 12.1. The lowest BCUT2D eigenvalue weighted by Crippen LogP contribution is -2.05. The van der Waals surface area contributed by atoms with Crippen molar-refractivity contribution in [2.24, 2.45) is 0 Å². The van der Waals surface area contributed by atoms with E-state index in [0.29, 0.717) is 5.69 Å². The molecule has 18 heavy (non-hydrogen) atoms. The topological polar surface area (TPSA) is 17.8 Å². The van der Waals surface area contributed by atoms with Crippen LogP contribution in [-0.4, -0.2) is 9.55 Å². The van der Waals surface area contributed by atoms with Crippen LogP contribution in [0.2, 0.25) is 0 Å². The second-order valence-electron chi connectivity index (χ2n) is 4.41. The molecule has 96 valence electrons. The molecule has 0 radical (unpaired) electrons. The highest BCUT2D eigenvalue weighted by Crippen LogP contribution is 2.30. The predicted octanol–water partition coefficient (Wildman–Crippen LogP) is 4.01. The van der Waals surface area contributed by atoms with Crippen molar-refractivity contribution in [3.63, 3.8) is 0 Å². The molecule has 0 atom stereocenters. The quantitative estimate of drug-likeness (QED) is 0.791. The average molecular weight is 254 g/mol. The minimum Gasteiger partial charge on any atom is -0.306 e. The SMILES string of the molecule is CC(C)c1cn(-c2cccc(C(F)(F)F)c2)cn1. The Balaban J connectivity index is 2.38. The van der Waals surface area contributed by atoms with Crippen LogP contribution in [0.3, 0.4) is 0 Å². The monoisotopic (exact) mass is 254 g/mol. The predicted molar refractivity (Wildman–Crippen MR) is 62.7 cm³/mol. The summed E-state index contributed by atoms with van der Waals surface area (Å²) in [4.78, 5) is 4.17. The van der Waals surface area contributed by atoms with Gasteiger partial charge in [0, 0.05) is 11.9 Å². The Morgan fingerprint density at radius 1 is 1.22 bits per heavy atom. The maximum absolute atomic E-state index is 12.6. The van der Waals surface area contributed by atoms with E-state index >= 15 is 0 Å². The van der Waals surface area contributed by atoms with Crippen LogP contribution in [0.4, 0.5) is 13.2 Å². The molecule has 2 aromatic rings. The molecule has 0 bridgehead atoms. The smallest absolute Gasteiger partial charge is 0.306 e. The van der Waals surface area contributed by atoms with Crippen LogP contribution >= 0.6 is 0 Å². The van der Waals surface area contributed by atoms with Crippen molar-refractivity contribution in [2.75, 3.05) is 0 Å². The van der Waals surface area contributed by atoms with E-state index < -0.39 is 11.7 Å². The largest absolute Gasteiger partial charge is 0.416 e. The van der Waals surface area contributed by atoms with Gasteiger partial charge in [0.15, 0.2) is 0 Å². The summed E-state index contributed by atoms with van der Waals surface area (Å²) < 4.78 is 39.4. The first-order chi connectivity index (χ1) is 8.38. The van der Waals surface area contributed by atoms with Gasteiger partial charge in [-0.05, 0) is 24.1 Å². The summed E-state index contributed by atoms with van der Waals surface area (Å²) in [7, 11) is 0. The van der Waals surface area contributed by atoms with Gasteiger partial charge < -0.3 is 4.57 Å². The first-order valence-corrected chi connectivity index (χ1v) is 5.59. The Kier molecular flexibility index (Phi) is 3.15. The molecule has 0 aliphatic rings. The number of rotatable bonds is 2. The van der Waals surface area contributed by atoms with Crippen molar-refractivity contribution in [1.82, 2.24) is 9.55 Å². The van der Waals surface area contributed by atoms with Crippen LogP contribution in [0, 0.1) is 0 Å². The van der Waals surface area contributed by atoms with Gasteiger partial charge in [0.1, 0.15) is 0 Å². The molecule has 0 unspecified atom stereocenters. The maximum atomic E-state index is 12.6. The summed E-state index contributed by atoms with van der Waals surface area (Å²) in [5.74, 6) is 0.247. The van der Waals surface area contributed by atoms with Crippen molar-refractivity contribution >= 4 is 0 Å². The average Bonchev–Trinajstić information content (AvgIpc) is 2.77. The number of benzene rings is 1. The van der Waals surface area contributed by atoms with Gasteiger partial charge in [-0.3, -0.25) is 0 Å². The second-order valence-corrected chi connectivity index (χ2v) is 4.41. The summed E-state index contributed by atoms with van der Waals surface area (Å²) in [6, 6.07) is 5.20. The number of nitrogens with zero attached hydrogens (tertiary/aromatic N) is 2. The molecule has 1 aromatic heterocycles. The highest BCUT2D eigenvalue weighted by atomic mass is 19.4. The molecule has 2 rings (SSSR count). The van der Waals surface area contributed by atoms with Crippen molar-refractivity contribution in [1.29, 1.82) is 0 Å². The van der Waals surface area contributed by atoms with Gasteiger partial charge in [0.25, 0.3) is 0 Å². The molecule has 0 aliphatic heterocycles. The molecule has 1 aromatic carbocycles. The molecule has 0 fully saturated rings. The summed E-state index contributed by atoms with van der Waals surface area (Å²) in [6.07, 6.45) is -1.04. The van der Waals surface area contributed by atoms with E-state index in [-0.39, 0.29) is 5.92 Å². The van der Waals surface area contributed by atoms with Crippen LogP contribution in [0.25, 0.3) is 5.69 Å². The van der Waals surface area contributed by atoms with Crippen molar-refractivity contribution in [3.8, 4) is 5.69 Å². The fourth-order valence-electron chi connectivity index (χ4n) is 1.62. The minimum atomic E-state index is -4.32. The molecule has 2 nitrogen and oxygen atoms in total.